The molecule has 2 aliphatic rings. The topological polar surface area (TPSA) is 34.0 Å². The van der Waals surface area contributed by atoms with Gasteiger partial charge < -0.3 is 9.88 Å². The van der Waals surface area contributed by atoms with Crippen molar-refractivity contribution in [1.29, 1.82) is 0 Å². The second kappa shape index (κ2) is 6.07. The molecule has 0 atom stereocenters. The second-order valence-corrected chi connectivity index (χ2v) is 8.26. The average Bonchev–Trinajstić information content (AvgIpc) is 3.30. The molecule has 0 fully saturated rings. The Kier molecular flexibility index (Phi) is 3.76. The van der Waals surface area contributed by atoms with Crippen LogP contribution in [-0.2, 0) is 19.4 Å². The van der Waals surface area contributed by atoms with E-state index in [9.17, 15) is 4.79 Å². The summed E-state index contributed by atoms with van der Waals surface area (Å²) in [4.78, 5) is 12.4. The number of aryl methyl sites for hydroxylation is 2. The summed E-state index contributed by atoms with van der Waals surface area (Å²) >= 11 is 0. The molecular formula is C24H26N2O. The van der Waals surface area contributed by atoms with Crippen molar-refractivity contribution < 1.29 is 4.79 Å². The third-order valence-corrected chi connectivity index (χ3v) is 6.26. The zero-order valence-electron chi connectivity index (χ0n) is 16.2. The molecular weight excluding hydrogens is 332 g/mol. The summed E-state index contributed by atoms with van der Waals surface area (Å²) in [6, 6.07) is 9.22. The summed E-state index contributed by atoms with van der Waals surface area (Å²) in [6.07, 6.45) is 3.63. The molecule has 3 heteroatoms. The maximum Gasteiger partial charge on any atom is 0.163 e. The van der Waals surface area contributed by atoms with Crippen molar-refractivity contribution in [2.75, 3.05) is 6.54 Å². The Morgan fingerprint density at radius 2 is 1.59 bits per heavy atom. The summed E-state index contributed by atoms with van der Waals surface area (Å²) in [5, 5.41) is 6.24. The summed E-state index contributed by atoms with van der Waals surface area (Å²) < 4.78 is 2.45. The first-order chi connectivity index (χ1) is 13.1. The molecule has 0 aliphatic heterocycles. The van der Waals surface area contributed by atoms with Crippen LogP contribution in [-0.4, -0.2) is 22.9 Å². The van der Waals surface area contributed by atoms with Crippen LogP contribution >= 0.6 is 0 Å². The van der Waals surface area contributed by atoms with Crippen LogP contribution in [0.25, 0.3) is 27.4 Å². The molecule has 2 aliphatic carbocycles. The van der Waals surface area contributed by atoms with Gasteiger partial charge in [0.05, 0.1) is 0 Å². The van der Waals surface area contributed by atoms with Crippen molar-refractivity contribution in [2.24, 2.45) is 0 Å². The number of Topliss-reactive ketones (excluding diaryl/α,β-unsaturated/α-hetero) is 1. The van der Waals surface area contributed by atoms with Gasteiger partial charge in [0.25, 0.3) is 0 Å². The molecule has 0 bridgehead atoms. The number of fused-ring (bicyclic) bond motifs is 7. The van der Waals surface area contributed by atoms with Crippen molar-refractivity contribution in [2.45, 2.75) is 52.1 Å². The second-order valence-electron chi connectivity index (χ2n) is 8.26. The van der Waals surface area contributed by atoms with Crippen molar-refractivity contribution >= 4 is 33.2 Å². The number of allylic oxidation sites excluding steroid dienone is 1. The van der Waals surface area contributed by atoms with Gasteiger partial charge >= 0.3 is 0 Å². The Balaban J connectivity index is 1.81. The molecule has 5 rings (SSSR count). The number of ketones is 1. The standard InChI is InChI=1S/C24H26N2O/c1-14(2)25-12-13-26-20-9-6-16-15(3)4-5-18(16)23(20)24-19-8-11-22(27)17(19)7-10-21(24)26/h6-7,9-10,14,25H,3-5,8,11-13H2,1-2H3. The van der Waals surface area contributed by atoms with E-state index < -0.39 is 0 Å². The van der Waals surface area contributed by atoms with Gasteiger partial charge in [0.1, 0.15) is 0 Å². The molecule has 0 amide bonds. The van der Waals surface area contributed by atoms with Crippen molar-refractivity contribution in [3.63, 3.8) is 0 Å². The van der Waals surface area contributed by atoms with Gasteiger partial charge in [-0.1, -0.05) is 26.5 Å². The molecule has 1 N–H and O–H groups in total. The van der Waals surface area contributed by atoms with Crippen molar-refractivity contribution in [3.05, 3.63) is 53.1 Å². The molecule has 3 nitrogen and oxygen atoms in total. The van der Waals surface area contributed by atoms with Crippen LogP contribution in [0.15, 0.2) is 30.8 Å². The lowest BCUT2D eigenvalue weighted by Gasteiger charge is -2.11. The van der Waals surface area contributed by atoms with E-state index in [1.807, 2.05) is 0 Å². The predicted molar refractivity (Wildman–Crippen MR) is 113 cm³/mol. The number of benzene rings is 2. The lowest BCUT2D eigenvalue weighted by Crippen LogP contribution is -2.26. The number of carbonyl (C=O) groups excluding carboxylic acids is 1. The summed E-state index contributed by atoms with van der Waals surface area (Å²) in [7, 11) is 0. The summed E-state index contributed by atoms with van der Waals surface area (Å²) in [5.41, 5.74) is 8.79. The Morgan fingerprint density at radius 3 is 2.30 bits per heavy atom. The zero-order valence-corrected chi connectivity index (χ0v) is 16.2. The first kappa shape index (κ1) is 16.8. The quantitative estimate of drug-likeness (QED) is 0.721. The molecule has 2 aromatic carbocycles. The van der Waals surface area contributed by atoms with Gasteiger partial charge in [-0.05, 0) is 59.7 Å². The van der Waals surface area contributed by atoms with E-state index >= 15 is 0 Å². The van der Waals surface area contributed by atoms with Crippen LogP contribution in [0.2, 0.25) is 0 Å². The molecule has 3 aromatic rings. The first-order valence-electron chi connectivity index (χ1n) is 10.1. The molecule has 138 valence electrons. The minimum Gasteiger partial charge on any atom is -0.339 e. The monoisotopic (exact) mass is 358 g/mol. The van der Waals surface area contributed by atoms with Crippen LogP contribution < -0.4 is 5.32 Å². The van der Waals surface area contributed by atoms with E-state index in [2.05, 4.69) is 54.6 Å². The molecule has 0 saturated carbocycles. The molecule has 1 heterocycles. The molecule has 1 aromatic heterocycles. The van der Waals surface area contributed by atoms with Gasteiger partial charge in [-0.3, -0.25) is 4.79 Å². The van der Waals surface area contributed by atoms with Crippen molar-refractivity contribution in [1.82, 2.24) is 9.88 Å². The maximum absolute atomic E-state index is 12.4. The number of aromatic nitrogens is 1. The SMILES string of the molecule is C=C1CCc2c1ccc1c2c2c3c(ccc2n1CCNC(C)C)C(=O)CC3. The lowest BCUT2D eigenvalue weighted by molar-refractivity contribution is 0.0994. The molecule has 0 radical (unpaired) electrons. The van der Waals surface area contributed by atoms with Gasteiger partial charge in [-0.25, -0.2) is 0 Å². The number of hydrogen-bond donors (Lipinski definition) is 1. The largest absolute Gasteiger partial charge is 0.339 e. The number of rotatable bonds is 4. The van der Waals surface area contributed by atoms with E-state index in [0.29, 0.717) is 18.2 Å². The molecule has 27 heavy (non-hydrogen) atoms. The first-order valence-corrected chi connectivity index (χ1v) is 10.1. The Bertz CT molecular complexity index is 1040. The van der Waals surface area contributed by atoms with Crippen molar-refractivity contribution in [3.8, 4) is 0 Å². The van der Waals surface area contributed by atoms with E-state index in [4.69, 9.17) is 0 Å². The van der Waals surface area contributed by atoms with Crippen LogP contribution in [0.1, 0.15) is 53.7 Å². The fourth-order valence-electron chi connectivity index (χ4n) is 5.01. The molecule has 0 unspecified atom stereocenters. The Labute approximate surface area is 160 Å². The number of nitrogens with zero attached hydrogens (tertiary/aromatic N) is 1. The number of hydrogen-bond acceptors (Lipinski definition) is 2. The minimum atomic E-state index is 0.297. The normalized spacial score (nSPS) is 16.1. The molecule has 0 saturated heterocycles. The summed E-state index contributed by atoms with van der Waals surface area (Å²) in [6.45, 7) is 10.5. The van der Waals surface area contributed by atoms with Crippen LogP contribution in [0.3, 0.4) is 0 Å². The maximum atomic E-state index is 12.4. The van der Waals surface area contributed by atoms with Gasteiger partial charge in [-0.2, -0.15) is 0 Å². The third-order valence-electron chi connectivity index (χ3n) is 6.26. The van der Waals surface area contributed by atoms with Crippen LogP contribution in [0.5, 0.6) is 0 Å². The van der Waals surface area contributed by atoms with E-state index in [1.54, 1.807) is 0 Å². The summed E-state index contributed by atoms with van der Waals surface area (Å²) in [5.74, 6) is 0.297. The third kappa shape index (κ3) is 2.41. The Morgan fingerprint density at radius 1 is 0.963 bits per heavy atom. The van der Waals surface area contributed by atoms with E-state index in [-0.39, 0.29) is 0 Å². The fourth-order valence-corrected chi connectivity index (χ4v) is 5.01. The highest BCUT2D eigenvalue weighted by atomic mass is 16.1. The van der Waals surface area contributed by atoms with Gasteiger partial charge in [0, 0.05) is 52.9 Å². The predicted octanol–water partition coefficient (Wildman–Crippen LogP) is 4.88. The van der Waals surface area contributed by atoms with Crippen LogP contribution in [0, 0.1) is 0 Å². The Hall–Kier alpha value is -2.39. The van der Waals surface area contributed by atoms with Gasteiger partial charge in [-0.15, -0.1) is 0 Å². The smallest absolute Gasteiger partial charge is 0.163 e. The van der Waals surface area contributed by atoms with Gasteiger partial charge in [0.2, 0.25) is 0 Å². The van der Waals surface area contributed by atoms with E-state index in [0.717, 1.165) is 37.9 Å². The van der Waals surface area contributed by atoms with E-state index in [1.165, 1.54) is 44.1 Å². The highest BCUT2D eigenvalue weighted by molar-refractivity contribution is 6.17. The van der Waals surface area contributed by atoms with Gasteiger partial charge in [0.15, 0.2) is 5.78 Å². The molecule has 0 spiro atoms. The number of carbonyl (C=O) groups is 1. The average molecular weight is 358 g/mol. The highest BCUT2D eigenvalue weighted by Gasteiger charge is 2.27. The minimum absolute atomic E-state index is 0.297. The zero-order chi connectivity index (χ0) is 18.7. The lowest BCUT2D eigenvalue weighted by atomic mass is 9.97. The fraction of sp³-hybridized carbons (Fsp3) is 0.375. The van der Waals surface area contributed by atoms with Crippen LogP contribution in [0.4, 0.5) is 0 Å². The highest BCUT2D eigenvalue weighted by Crippen LogP contribution is 2.43. The number of nitrogens with one attached hydrogen (secondary N) is 1.